The fourth-order valence-electron chi connectivity index (χ4n) is 0.982. The van der Waals surface area contributed by atoms with Gasteiger partial charge in [-0.05, 0) is 24.1 Å². The Balaban J connectivity index is 3.24. The van der Waals surface area contributed by atoms with Crippen LogP contribution < -0.4 is 0 Å². The van der Waals surface area contributed by atoms with Gasteiger partial charge in [-0.25, -0.2) is 0 Å². The van der Waals surface area contributed by atoms with Crippen LogP contribution in [0.5, 0.6) is 0 Å². The summed E-state index contributed by atoms with van der Waals surface area (Å²) in [5.74, 6) is 0. The van der Waals surface area contributed by atoms with E-state index in [2.05, 4.69) is 0 Å². The van der Waals surface area contributed by atoms with E-state index in [1.807, 2.05) is 0 Å². The van der Waals surface area contributed by atoms with Crippen LogP contribution in [0.15, 0.2) is 29.2 Å². The van der Waals surface area contributed by atoms with Crippen LogP contribution in [0.2, 0.25) is 0 Å². The van der Waals surface area contributed by atoms with Crippen molar-refractivity contribution in [2.24, 2.45) is 0 Å². The van der Waals surface area contributed by atoms with Gasteiger partial charge >= 0.3 is 10.2 Å². The molecule has 0 nitrogen and oxygen atoms in total. The normalized spacial score (nSPS) is 17.3. The Labute approximate surface area is 78.5 Å². The lowest BCUT2D eigenvalue weighted by Crippen LogP contribution is -2.05. The van der Waals surface area contributed by atoms with Gasteiger partial charge in [-0.15, -0.1) is 0 Å². The van der Waals surface area contributed by atoms with Gasteiger partial charge in [0.25, 0.3) is 0 Å². The molecule has 0 amide bonds. The third kappa shape index (κ3) is 2.60. The molecule has 0 aliphatic heterocycles. The second-order valence-corrected chi connectivity index (χ2v) is 5.38. The number of benzene rings is 1. The summed E-state index contributed by atoms with van der Waals surface area (Å²) in [6.07, 6.45) is 0.514. The zero-order valence-corrected chi connectivity index (χ0v) is 8.13. The van der Waals surface area contributed by atoms with Crippen molar-refractivity contribution in [3.8, 4) is 0 Å². The second-order valence-electron chi connectivity index (χ2n) is 2.97. The predicted octanol–water partition coefficient (Wildman–Crippen LogP) is 4.91. The highest BCUT2D eigenvalue weighted by Crippen LogP contribution is 3.02. The summed E-state index contributed by atoms with van der Waals surface area (Å²) < 4.78 is 60.9. The van der Waals surface area contributed by atoms with E-state index >= 15 is 0 Å². The molecule has 0 saturated heterocycles. The summed E-state index contributed by atoms with van der Waals surface area (Å²) in [7, 11) is -9.47. The second kappa shape index (κ2) is 2.42. The minimum absolute atomic E-state index is 0.431. The SMILES string of the molecule is CCc1ccc(S(F)(F)(F)(F)F)cc1. The summed E-state index contributed by atoms with van der Waals surface area (Å²) in [6, 6.07) is 2.99. The van der Waals surface area contributed by atoms with Gasteiger partial charge in [0.2, 0.25) is 0 Å². The van der Waals surface area contributed by atoms with Crippen molar-refractivity contribution in [1.29, 1.82) is 0 Å². The Kier molecular flexibility index (Phi) is 1.95. The van der Waals surface area contributed by atoms with Crippen molar-refractivity contribution >= 4 is 10.2 Å². The molecule has 0 aromatic heterocycles. The summed E-state index contributed by atoms with van der Waals surface area (Å²) in [6.45, 7) is 1.73. The van der Waals surface area contributed by atoms with Crippen LogP contribution in [0.1, 0.15) is 12.5 Å². The molecule has 14 heavy (non-hydrogen) atoms. The van der Waals surface area contributed by atoms with E-state index in [0.717, 1.165) is 12.1 Å². The average molecular weight is 232 g/mol. The van der Waals surface area contributed by atoms with E-state index in [0.29, 0.717) is 24.1 Å². The van der Waals surface area contributed by atoms with E-state index in [9.17, 15) is 19.4 Å². The van der Waals surface area contributed by atoms with Gasteiger partial charge in [0.1, 0.15) is 4.90 Å². The summed E-state index contributed by atoms with van der Waals surface area (Å²) in [5, 5.41) is 0. The molecule has 0 saturated carbocycles. The van der Waals surface area contributed by atoms with Gasteiger partial charge in [0, 0.05) is 0 Å². The lowest BCUT2D eigenvalue weighted by atomic mass is 10.2. The van der Waals surface area contributed by atoms with Gasteiger partial charge in [0.15, 0.2) is 0 Å². The summed E-state index contributed by atoms with van der Waals surface area (Å²) >= 11 is 0. The lowest BCUT2D eigenvalue weighted by Gasteiger charge is -2.40. The molecule has 1 rings (SSSR count). The van der Waals surface area contributed by atoms with Crippen LogP contribution in [0.25, 0.3) is 0 Å². The largest absolute Gasteiger partial charge is 0.310 e. The smallest absolute Gasteiger partial charge is 0.0936 e. The van der Waals surface area contributed by atoms with E-state index < -0.39 is 15.1 Å². The standard InChI is InChI=1S/C8H9F5S/c1-2-7-3-5-8(6-4-7)14(9,10,11,12)13/h3-6H,2H2,1H3. The van der Waals surface area contributed by atoms with Gasteiger partial charge in [-0.2, -0.15) is 0 Å². The Morgan fingerprint density at radius 3 is 1.64 bits per heavy atom. The van der Waals surface area contributed by atoms with Crippen molar-refractivity contribution in [3.63, 3.8) is 0 Å². The molecule has 0 atom stereocenters. The van der Waals surface area contributed by atoms with E-state index in [4.69, 9.17) is 0 Å². The Bertz CT molecular complexity index is 335. The average Bonchev–Trinajstić information content (AvgIpc) is 2.01. The molecule has 0 aliphatic rings. The van der Waals surface area contributed by atoms with Gasteiger partial charge in [-0.3, -0.25) is 0 Å². The molecular weight excluding hydrogens is 223 g/mol. The minimum atomic E-state index is -9.47. The zero-order valence-electron chi connectivity index (χ0n) is 7.31. The fourth-order valence-corrected chi connectivity index (χ4v) is 1.63. The van der Waals surface area contributed by atoms with Crippen molar-refractivity contribution in [1.82, 2.24) is 0 Å². The Hall–Kier alpha value is -0.780. The highest BCUT2D eigenvalue weighted by molar-refractivity contribution is 8.45. The van der Waals surface area contributed by atoms with Gasteiger partial charge in [-0.1, -0.05) is 38.5 Å². The molecular formula is C8H9F5S. The minimum Gasteiger partial charge on any atom is -0.0936 e. The first-order chi connectivity index (χ1) is 6.03. The molecule has 0 spiro atoms. The highest BCUT2D eigenvalue weighted by atomic mass is 32.5. The topological polar surface area (TPSA) is 0 Å². The molecule has 0 bridgehead atoms. The molecule has 0 N–H and O–H groups in total. The third-order valence-electron chi connectivity index (χ3n) is 1.78. The predicted molar refractivity (Wildman–Crippen MR) is 47.2 cm³/mol. The summed E-state index contributed by atoms with van der Waals surface area (Å²) in [4.78, 5) is -1.83. The maximum atomic E-state index is 12.2. The Morgan fingerprint density at radius 1 is 0.929 bits per heavy atom. The zero-order chi connectivity index (χ0) is 11.1. The fraction of sp³-hybridized carbons (Fsp3) is 0.250. The number of hydrogen-bond donors (Lipinski definition) is 0. The molecule has 0 radical (unpaired) electrons. The van der Waals surface area contributed by atoms with Crippen molar-refractivity contribution < 1.29 is 19.4 Å². The van der Waals surface area contributed by atoms with Crippen LogP contribution in [-0.2, 0) is 6.42 Å². The molecule has 82 valence electrons. The van der Waals surface area contributed by atoms with E-state index in [1.54, 1.807) is 6.92 Å². The molecule has 1 aromatic rings. The number of halogens is 5. The van der Waals surface area contributed by atoms with Gasteiger partial charge in [0.05, 0.1) is 0 Å². The molecule has 1 aromatic carbocycles. The maximum absolute atomic E-state index is 12.2. The van der Waals surface area contributed by atoms with Gasteiger partial charge < -0.3 is 0 Å². The lowest BCUT2D eigenvalue weighted by molar-refractivity contribution is 0.364. The molecule has 6 heteroatoms. The highest BCUT2D eigenvalue weighted by Gasteiger charge is 2.65. The first-order valence-corrected chi connectivity index (χ1v) is 5.81. The molecule has 0 heterocycles. The van der Waals surface area contributed by atoms with E-state index in [-0.39, 0.29) is 0 Å². The number of hydrogen-bond acceptors (Lipinski definition) is 0. The number of aryl methyl sites for hydroxylation is 1. The number of rotatable bonds is 2. The first-order valence-electron chi connectivity index (χ1n) is 3.86. The quantitative estimate of drug-likeness (QED) is 0.636. The third-order valence-corrected chi connectivity index (χ3v) is 2.94. The van der Waals surface area contributed by atoms with Crippen molar-refractivity contribution in [2.45, 2.75) is 18.2 Å². The first kappa shape index (κ1) is 11.3. The van der Waals surface area contributed by atoms with E-state index in [1.165, 1.54) is 0 Å². The molecule has 0 unspecified atom stereocenters. The summed E-state index contributed by atoms with van der Waals surface area (Å²) in [5.41, 5.74) is 0.593. The van der Waals surface area contributed by atoms with Crippen LogP contribution in [0, 0.1) is 0 Å². The monoisotopic (exact) mass is 232 g/mol. The van der Waals surface area contributed by atoms with Crippen LogP contribution in [0.4, 0.5) is 19.4 Å². The van der Waals surface area contributed by atoms with Crippen molar-refractivity contribution in [3.05, 3.63) is 29.8 Å². The van der Waals surface area contributed by atoms with Crippen LogP contribution in [-0.4, -0.2) is 0 Å². The van der Waals surface area contributed by atoms with Crippen LogP contribution in [0.3, 0.4) is 0 Å². The maximum Gasteiger partial charge on any atom is 0.310 e. The molecule has 0 fully saturated rings. The van der Waals surface area contributed by atoms with Crippen molar-refractivity contribution in [2.75, 3.05) is 0 Å². The molecule has 0 aliphatic carbocycles. The van der Waals surface area contributed by atoms with Crippen LogP contribution >= 0.6 is 10.2 Å². The Morgan fingerprint density at radius 2 is 1.36 bits per heavy atom.